The monoisotopic (exact) mass is 593 g/mol. The molecule has 1 atom stereocenters. The van der Waals surface area contributed by atoms with Crippen LogP contribution in [0.3, 0.4) is 0 Å². The third-order valence-corrected chi connectivity index (χ3v) is 8.66. The summed E-state index contributed by atoms with van der Waals surface area (Å²) in [5.41, 5.74) is 14.0. The summed E-state index contributed by atoms with van der Waals surface area (Å²) in [7, 11) is 1.54. The summed E-state index contributed by atoms with van der Waals surface area (Å²) >= 11 is 0. The molecule has 0 saturated carbocycles. The molecule has 2 aromatic rings. The largest absolute Gasteiger partial charge is 0.496 e. The molecule has 2 aromatic carbocycles. The number of fused-ring (bicyclic) bond motifs is 1. The van der Waals surface area contributed by atoms with Crippen LogP contribution in [0.2, 0.25) is 0 Å². The average Bonchev–Trinajstić information content (AvgIpc) is 3.04. The third kappa shape index (κ3) is 7.05. The van der Waals surface area contributed by atoms with Crippen LogP contribution in [0.4, 0.5) is 10.5 Å². The number of ether oxygens (including phenoxy) is 3. The van der Waals surface area contributed by atoms with E-state index in [9.17, 15) is 14.4 Å². The molecule has 2 saturated heterocycles. The minimum Gasteiger partial charge on any atom is -0.496 e. The fourth-order valence-corrected chi connectivity index (χ4v) is 6.19. The predicted octanol–water partition coefficient (Wildman–Crippen LogP) is 3.28. The number of cyclic esters (lactones) is 1. The maximum atomic E-state index is 13.5. The molecule has 3 aliphatic rings. The number of hydrogen-bond donors (Lipinski definition) is 2. The highest BCUT2D eigenvalue weighted by molar-refractivity contribution is 5.97. The van der Waals surface area contributed by atoms with E-state index in [0.717, 1.165) is 24.1 Å². The van der Waals surface area contributed by atoms with Gasteiger partial charge >= 0.3 is 6.09 Å². The second-order valence-electron chi connectivity index (χ2n) is 11.5. The fraction of sp³-hybridized carbons (Fsp3) is 0.531. The molecule has 3 heterocycles. The molecule has 11 nitrogen and oxygen atoms in total. The van der Waals surface area contributed by atoms with Gasteiger partial charge in [0.25, 0.3) is 5.91 Å². The Morgan fingerprint density at radius 2 is 1.72 bits per heavy atom. The van der Waals surface area contributed by atoms with Crippen LogP contribution in [0.15, 0.2) is 42.5 Å². The molecule has 0 aliphatic carbocycles. The van der Waals surface area contributed by atoms with Gasteiger partial charge < -0.3 is 35.5 Å². The molecule has 3 amide bonds. The molecular weight excluding hydrogens is 550 g/mol. The van der Waals surface area contributed by atoms with Crippen LogP contribution in [0.5, 0.6) is 11.5 Å². The topological polar surface area (TPSA) is 141 Å². The zero-order valence-corrected chi connectivity index (χ0v) is 24.9. The molecule has 3 aliphatic heterocycles. The Kier molecular flexibility index (Phi) is 10.0. The summed E-state index contributed by atoms with van der Waals surface area (Å²) in [4.78, 5) is 44.2. The van der Waals surface area contributed by atoms with Crippen LogP contribution in [0.25, 0.3) is 0 Å². The minimum absolute atomic E-state index is 0.00952. The highest BCUT2D eigenvalue weighted by Crippen LogP contribution is 2.33. The van der Waals surface area contributed by atoms with Crippen LogP contribution in [0, 0.1) is 0 Å². The molecule has 0 radical (unpaired) electrons. The van der Waals surface area contributed by atoms with E-state index in [1.54, 1.807) is 30.2 Å². The summed E-state index contributed by atoms with van der Waals surface area (Å²) < 4.78 is 17.2. The van der Waals surface area contributed by atoms with Gasteiger partial charge in [0.1, 0.15) is 24.2 Å². The Hall–Kier alpha value is -3.83. The van der Waals surface area contributed by atoms with Gasteiger partial charge in [-0.1, -0.05) is 24.6 Å². The number of nitrogens with zero attached hydrogens (tertiary/aromatic N) is 3. The smallest absolute Gasteiger partial charge is 0.414 e. The van der Waals surface area contributed by atoms with Gasteiger partial charge in [-0.2, -0.15) is 0 Å². The van der Waals surface area contributed by atoms with Crippen molar-refractivity contribution in [3.63, 3.8) is 0 Å². The van der Waals surface area contributed by atoms with Crippen molar-refractivity contribution in [2.45, 2.75) is 69.7 Å². The van der Waals surface area contributed by atoms with Crippen molar-refractivity contribution in [3.05, 3.63) is 53.6 Å². The molecular formula is C32H43N5O6. The highest BCUT2D eigenvalue weighted by Gasteiger charge is 2.35. The SMILES string of the molecule is COc1cc(OC2CCN(C(=O)[C@@H](N)CCCCN)CC2)ccc1C(=O)N1CCC(N2C(=O)OCc3ccccc32)CC1. The number of piperidine rings is 2. The molecule has 4 N–H and O–H groups in total. The second kappa shape index (κ2) is 14.1. The fourth-order valence-electron chi connectivity index (χ4n) is 6.19. The van der Waals surface area contributed by atoms with Crippen LogP contribution in [-0.2, 0) is 16.1 Å². The number of carbonyl (C=O) groups excluding carboxylic acids is 3. The average molecular weight is 594 g/mol. The van der Waals surface area contributed by atoms with E-state index in [1.807, 2.05) is 34.1 Å². The summed E-state index contributed by atoms with van der Waals surface area (Å²) in [5, 5.41) is 0. The molecule has 5 rings (SSSR count). The van der Waals surface area contributed by atoms with Gasteiger partial charge in [-0.05, 0) is 50.4 Å². The van der Waals surface area contributed by atoms with Crippen molar-refractivity contribution >= 4 is 23.6 Å². The van der Waals surface area contributed by atoms with Crippen molar-refractivity contribution in [3.8, 4) is 11.5 Å². The summed E-state index contributed by atoms with van der Waals surface area (Å²) in [6.45, 7) is 3.12. The Morgan fingerprint density at radius 3 is 2.44 bits per heavy atom. The number of benzene rings is 2. The Morgan fingerprint density at radius 1 is 1.00 bits per heavy atom. The van der Waals surface area contributed by atoms with Gasteiger partial charge in [0, 0.05) is 56.7 Å². The van der Waals surface area contributed by atoms with Crippen LogP contribution < -0.4 is 25.8 Å². The Bertz CT molecular complexity index is 1290. The van der Waals surface area contributed by atoms with Crippen molar-refractivity contribution in [2.24, 2.45) is 11.5 Å². The van der Waals surface area contributed by atoms with Crippen LogP contribution in [0.1, 0.15) is 60.9 Å². The first-order valence-corrected chi connectivity index (χ1v) is 15.3. The molecule has 0 aromatic heterocycles. The van der Waals surface area contributed by atoms with Crippen molar-refractivity contribution < 1.29 is 28.6 Å². The van der Waals surface area contributed by atoms with Gasteiger partial charge in [0.2, 0.25) is 5.91 Å². The van der Waals surface area contributed by atoms with E-state index >= 15 is 0 Å². The lowest BCUT2D eigenvalue weighted by Gasteiger charge is -2.40. The van der Waals surface area contributed by atoms with E-state index in [4.69, 9.17) is 25.7 Å². The number of carbonyl (C=O) groups is 3. The van der Waals surface area contributed by atoms with Crippen molar-refractivity contribution in [1.82, 2.24) is 9.80 Å². The first kappa shape index (κ1) is 30.6. The predicted molar refractivity (Wildman–Crippen MR) is 162 cm³/mol. The number of nitrogens with two attached hydrogens (primary N) is 2. The van der Waals surface area contributed by atoms with Crippen molar-refractivity contribution in [2.75, 3.05) is 44.7 Å². The van der Waals surface area contributed by atoms with E-state index in [2.05, 4.69) is 0 Å². The zero-order valence-electron chi connectivity index (χ0n) is 24.9. The molecule has 43 heavy (non-hydrogen) atoms. The van der Waals surface area contributed by atoms with E-state index in [-0.39, 0.29) is 36.7 Å². The molecule has 232 valence electrons. The summed E-state index contributed by atoms with van der Waals surface area (Å²) in [6, 6.07) is 12.6. The first-order valence-electron chi connectivity index (χ1n) is 15.3. The number of rotatable bonds is 10. The van der Waals surface area contributed by atoms with Gasteiger partial charge in [-0.3, -0.25) is 14.5 Å². The lowest BCUT2D eigenvalue weighted by Crippen LogP contribution is -2.50. The number of anilines is 1. The van der Waals surface area contributed by atoms with E-state index in [0.29, 0.717) is 81.9 Å². The lowest BCUT2D eigenvalue weighted by molar-refractivity contribution is -0.134. The zero-order chi connectivity index (χ0) is 30.3. The molecule has 0 spiro atoms. The maximum Gasteiger partial charge on any atom is 0.414 e. The summed E-state index contributed by atoms with van der Waals surface area (Å²) in [5.74, 6) is 0.953. The highest BCUT2D eigenvalue weighted by atomic mass is 16.6. The Labute approximate surface area is 253 Å². The second-order valence-corrected chi connectivity index (χ2v) is 11.5. The Balaban J connectivity index is 1.14. The normalized spacial score (nSPS) is 18.6. The molecule has 2 fully saturated rings. The van der Waals surface area contributed by atoms with Crippen molar-refractivity contribution in [1.29, 1.82) is 0 Å². The number of likely N-dealkylation sites (tertiary alicyclic amines) is 2. The standard InChI is InChI=1S/C32H43N5O6/c1-41-29-20-25(43-24-13-18-36(19-14-24)31(39)27(34)7-4-5-15-33)9-10-26(29)30(38)35-16-11-23(12-17-35)37-28-8-3-2-6-22(28)21-42-32(37)40/h2-3,6,8-10,20,23-24,27H,4-5,7,11-19,21,33-34H2,1H3/t27-/m0/s1. The molecule has 0 bridgehead atoms. The van der Waals surface area contributed by atoms with Crippen LogP contribution in [-0.4, -0.2) is 85.7 Å². The first-order chi connectivity index (χ1) is 20.9. The number of methoxy groups -OCH3 is 1. The molecule has 0 unspecified atom stereocenters. The van der Waals surface area contributed by atoms with E-state index in [1.165, 1.54) is 0 Å². The summed E-state index contributed by atoms with van der Waals surface area (Å²) in [6.07, 6.45) is 4.70. The quantitative estimate of drug-likeness (QED) is 0.400. The van der Waals surface area contributed by atoms with Crippen LogP contribution >= 0.6 is 0 Å². The van der Waals surface area contributed by atoms with Gasteiger partial charge in [0.15, 0.2) is 0 Å². The number of para-hydroxylation sites is 1. The third-order valence-electron chi connectivity index (χ3n) is 8.66. The van der Waals surface area contributed by atoms with Gasteiger partial charge in [-0.15, -0.1) is 0 Å². The van der Waals surface area contributed by atoms with E-state index < -0.39 is 6.04 Å². The number of unbranched alkanes of at least 4 members (excludes halogenated alkanes) is 1. The number of amides is 3. The lowest BCUT2D eigenvalue weighted by atomic mass is 10.00. The van der Waals surface area contributed by atoms with Gasteiger partial charge in [-0.25, -0.2) is 4.79 Å². The number of hydrogen-bond acceptors (Lipinski definition) is 8. The molecule has 11 heteroatoms. The minimum atomic E-state index is -0.484. The van der Waals surface area contributed by atoms with Gasteiger partial charge in [0.05, 0.1) is 24.4 Å². The maximum absolute atomic E-state index is 13.5.